The van der Waals surface area contributed by atoms with Gasteiger partial charge in [0.1, 0.15) is 41.3 Å². The van der Waals surface area contributed by atoms with Crippen LogP contribution in [0.4, 0.5) is 0 Å². The lowest BCUT2D eigenvalue weighted by atomic mass is 9.48. The summed E-state index contributed by atoms with van der Waals surface area (Å²) in [7, 11) is 16.3. The number of unbranched alkanes of at least 4 members (excludes halogenated alkanes) is 3. The summed E-state index contributed by atoms with van der Waals surface area (Å²) in [6.07, 6.45) is 18.1. The Labute approximate surface area is 752 Å². The number of methoxy groups -OCH3 is 4. The highest BCUT2D eigenvalue weighted by atomic mass is 16.5. The van der Waals surface area contributed by atoms with Gasteiger partial charge in [-0.25, -0.2) is 19.0 Å². The number of ketones is 1. The topological polar surface area (TPSA) is 354 Å². The molecule has 28 nitrogen and oxygen atoms in total. The lowest BCUT2D eigenvalue weighted by Gasteiger charge is -2.59. The average Bonchev–Trinajstić information content (AvgIpc) is 0.831. The van der Waals surface area contributed by atoms with E-state index in [2.05, 4.69) is 78.3 Å². The van der Waals surface area contributed by atoms with Crippen molar-refractivity contribution in [2.75, 3.05) is 129 Å². The third-order valence-electron chi connectivity index (χ3n) is 29.2. The fraction of sp³-hybridized carbons (Fsp3) is 0.616. The monoisotopic (exact) mass is 1750 g/mol. The Bertz CT molecular complexity index is 4770. The molecule has 692 valence electrons. The molecular formula is C99H142N14O14. The summed E-state index contributed by atoms with van der Waals surface area (Å²) in [6.45, 7) is 17.0. The molecule has 6 aromatic rings. The van der Waals surface area contributed by atoms with Crippen molar-refractivity contribution in [3.8, 4) is 56.9 Å². The lowest BCUT2D eigenvalue weighted by Crippen LogP contribution is -2.70. The van der Waals surface area contributed by atoms with Crippen molar-refractivity contribution in [3.05, 3.63) is 119 Å². The Morgan fingerprint density at radius 3 is 1.23 bits per heavy atom. The van der Waals surface area contributed by atoms with Crippen molar-refractivity contribution in [1.82, 2.24) is 60.0 Å². The zero-order valence-corrected chi connectivity index (χ0v) is 77.6. The maximum atomic E-state index is 14.7. The van der Waals surface area contributed by atoms with Crippen LogP contribution >= 0.6 is 0 Å². The minimum Gasteiger partial charge on any atom is -0.496 e. The number of primary amides is 1. The molecule has 5 amide bonds. The van der Waals surface area contributed by atoms with Crippen LogP contribution in [-0.2, 0) is 19.2 Å². The summed E-state index contributed by atoms with van der Waals surface area (Å²) in [6, 6.07) is 24.7. The smallest absolute Gasteiger partial charge is 0.330 e. The van der Waals surface area contributed by atoms with E-state index in [1.807, 2.05) is 88.6 Å². The molecule has 8 fully saturated rings. The molecule has 2 aromatic heterocycles. The molecule has 127 heavy (non-hydrogen) atoms. The van der Waals surface area contributed by atoms with Gasteiger partial charge >= 0.3 is 11.9 Å². The predicted molar refractivity (Wildman–Crippen MR) is 492 cm³/mol. The van der Waals surface area contributed by atoms with Crippen LogP contribution in [0.3, 0.4) is 0 Å². The molecule has 8 saturated carbocycles. The number of carbonyl (C=O) groups is 8. The first-order valence-corrected chi connectivity index (χ1v) is 46.7. The van der Waals surface area contributed by atoms with Crippen LogP contribution in [0.5, 0.6) is 23.0 Å². The number of hydrogen-bond acceptors (Lipinski definition) is 19. The van der Waals surface area contributed by atoms with E-state index in [-0.39, 0.29) is 82.9 Å². The number of amides is 5. The Hall–Kier alpha value is -9.74. The molecule has 3 atom stereocenters. The number of benzene rings is 4. The van der Waals surface area contributed by atoms with Crippen molar-refractivity contribution in [2.45, 2.75) is 205 Å². The number of aromatic nitrogens is 4. The van der Waals surface area contributed by atoms with E-state index in [1.165, 1.54) is 0 Å². The number of carbonyl (C=O) groups excluding carboxylic acids is 6. The van der Waals surface area contributed by atoms with Gasteiger partial charge in [-0.1, -0.05) is 66.0 Å². The number of carboxylic acids is 2. The van der Waals surface area contributed by atoms with Crippen molar-refractivity contribution >= 4 is 47.3 Å². The van der Waals surface area contributed by atoms with E-state index >= 15 is 0 Å². The van der Waals surface area contributed by atoms with Crippen LogP contribution in [-0.4, -0.2) is 248 Å². The van der Waals surface area contributed by atoms with E-state index in [1.54, 1.807) is 71.9 Å². The fourth-order valence-corrected chi connectivity index (χ4v) is 22.7. The molecule has 2 heterocycles. The summed E-state index contributed by atoms with van der Waals surface area (Å²) >= 11 is 0. The number of ether oxygens (including phenoxy) is 4. The normalized spacial score (nSPS) is 22.2. The van der Waals surface area contributed by atoms with Crippen molar-refractivity contribution in [2.24, 2.45) is 70.6 Å². The van der Waals surface area contributed by atoms with Gasteiger partial charge in [0.25, 0.3) is 23.6 Å². The maximum Gasteiger partial charge on any atom is 0.330 e. The van der Waals surface area contributed by atoms with Crippen LogP contribution in [0.15, 0.2) is 84.9 Å². The van der Waals surface area contributed by atoms with Gasteiger partial charge in [0.2, 0.25) is 5.91 Å². The molecule has 8 aliphatic carbocycles. The SMILES string of the molecule is [2H]NCCCCC(NCC(=O)C(CCCCCN(C)CCCN(C)CCCN(C)C(=O)c1ccc(-n2nc(C(=O)NC3(C(=O)O)C4CC5CC(C4)CC3C5)cc2-c2c(OC)cccc2OC)c(C(C)C)c1)C(C)CCCN(C)CCCN(C)C(=O)c1ccc(-n2nc(C(=O)NC3(C(=O)O)C4CC5CC(C4)CC3C5)cc2-c2c(OC)cccc2OC)c(C(C)C)c1)C(N)=O. The van der Waals surface area contributed by atoms with Gasteiger partial charge in [-0.3, -0.25) is 34.1 Å². The molecule has 0 saturated heterocycles. The Morgan fingerprint density at radius 2 is 0.858 bits per heavy atom. The third-order valence-corrected chi connectivity index (χ3v) is 29.2. The Kier molecular flexibility index (Phi) is 32.2. The third kappa shape index (κ3) is 21.7. The van der Waals surface area contributed by atoms with Crippen LogP contribution in [0, 0.1) is 59.2 Å². The number of nitrogens with two attached hydrogens (primary N) is 2. The summed E-state index contributed by atoms with van der Waals surface area (Å²) in [5.74, 6) is -0.806. The van der Waals surface area contributed by atoms with Gasteiger partial charge in [0.15, 0.2) is 11.4 Å². The minimum atomic E-state index is -1.39. The highest BCUT2D eigenvalue weighted by Crippen LogP contribution is 2.60. The highest BCUT2D eigenvalue weighted by Gasteiger charge is 2.64. The number of aliphatic carboxylic acids is 2. The van der Waals surface area contributed by atoms with E-state index in [9.17, 15) is 48.6 Å². The van der Waals surface area contributed by atoms with Crippen molar-refractivity contribution in [3.63, 3.8) is 0 Å². The standard InChI is InChI=1S/C99H142N14O14/c1-61(2)75-56-68(33-35-80(75)112-82(89-85(124-11)29-20-30-86(89)125-12)58-78(105-112)92(116)103-98(96(120)121)70-48-64-46-65(50-70)51-71(98)49-64)94(118)110(9)44-24-42-108(7)39-22-26-63(5)74(84(114)60-102-77(91(101)115)28-17-18-37-100)27-16-15-19-38-107(6)40-23-41-109(8)43-25-45-111(10)95(119)69-34-36-81(76(57-69)62(3)4)113-83(90-87(126-13)31-21-32-88(90)127-14)59-79(106-113)93(117)104-99(97(122)123)72-52-66-47-67(54-72)55-73(99)53-66/h20-21,29-36,56-59,61-67,70-74,77,102H,15-19,22-28,37-55,60,100H2,1-14H3,(H2,101,115)(H,103,116)(H,104,117)(H,120,121)(H,122,123)/i/hD. The first-order chi connectivity index (χ1) is 61.4. The maximum absolute atomic E-state index is 14.7. The molecule has 3 unspecified atom stereocenters. The molecule has 8 aliphatic rings. The number of rotatable bonds is 51. The molecule has 8 bridgehead atoms. The van der Waals surface area contributed by atoms with E-state index < -0.39 is 46.8 Å². The van der Waals surface area contributed by atoms with E-state index in [4.69, 9.17) is 36.3 Å². The van der Waals surface area contributed by atoms with Crippen molar-refractivity contribution < 1.29 is 68.9 Å². The molecule has 0 radical (unpaired) electrons. The Morgan fingerprint density at radius 1 is 0.480 bits per heavy atom. The second-order valence-electron chi connectivity index (χ2n) is 38.5. The van der Waals surface area contributed by atoms with Gasteiger partial charge in [-0.15, -0.1) is 0 Å². The molecule has 0 aliphatic heterocycles. The zero-order valence-electron chi connectivity index (χ0n) is 78.6. The first kappa shape index (κ1) is 94.9. The van der Waals surface area contributed by atoms with Gasteiger partial charge in [0.05, 0.1) is 74.9 Å². The second-order valence-corrected chi connectivity index (χ2v) is 38.5. The van der Waals surface area contributed by atoms with Gasteiger partial charge in [-0.05, 0) is 338 Å². The average molecular weight is 1750 g/mol. The summed E-state index contributed by atoms with van der Waals surface area (Å²) in [4.78, 5) is 122. The molecular weight excluding hydrogens is 1610 g/mol. The van der Waals surface area contributed by atoms with Crippen LogP contribution in [0.1, 0.15) is 241 Å². The molecule has 14 rings (SSSR count). The number of Topliss-reactive ketones (excluding diaryl/α,β-unsaturated/α-hetero) is 1. The summed E-state index contributed by atoms with van der Waals surface area (Å²) < 4.78 is 34.3. The zero-order chi connectivity index (χ0) is 92.0. The molecule has 28 heteroatoms. The quantitative estimate of drug-likeness (QED) is 0.0174. The molecule has 4 aromatic carbocycles. The van der Waals surface area contributed by atoms with Crippen LogP contribution in [0.25, 0.3) is 33.9 Å². The lowest BCUT2D eigenvalue weighted by molar-refractivity contribution is -0.164. The van der Waals surface area contributed by atoms with E-state index in [0.29, 0.717) is 131 Å². The van der Waals surface area contributed by atoms with Crippen LogP contribution in [0.2, 0.25) is 1.41 Å². The number of nitrogens with one attached hydrogen (secondary N) is 3. The molecule has 0 spiro atoms. The largest absolute Gasteiger partial charge is 0.496 e. The van der Waals surface area contributed by atoms with E-state index in [0.717, 1.165) is 172 Å². The minimum absolute atomic E-state index is 0.0483. The summed E-state index contributed by atoms with van der Waals surface area (Å²) in [5, 5.41) is 41.3. The van der Waals surface area contributed by atoms with Gasteiger partial charge < -0.3 is 75.8 Å². The van der Waals surface area contributed by atoms with Crippen LogP contribution < -0.4 is 46.4 Å². The number of hydrogen-bond donors (Lipinski definition) is 7. The Balaban J connectivity index is 0.600. The predicted octanol–water partition coefficient (Wildman–Crippen LogP) is 13.2. The highest BCUT2D eigenvalue weighted by molar-refractivity contribution is 6.00. The number of nitrogens with zero attached hydrogens (tertiary/aromatic N) is 9. The molecule has 9 N–H and O–H groups in total. The van der Waals surface area contributed by atoms with Crippen molar-refractivity contribution in [1.29, 1.82) is 0 Å². The fourth-order valence-electron chi connectivity index (χ4n) is 22.7. The first-order valence-electron chi connectivity index (χ1n) is 47.2. The summed E-state index contributed by atoms with van der Waals surface area (Å²) in [5.41, 5.74) is 11.7. The second kappa shape index (κ2) is 43.1. The van der Waals surface area contributed by atoms with Gasteiger partial charge in [-0.2, -0.15) is 10.2 Å². The van der Waals surface area contributed by atoms with Gasteiger partial charge in [0, 0.05) is 44.2 Å². The number of carboxylic acid groups (broad SMARTS) is 2.